The topological polar surface area (TPSA) is 64.0 Å². The van der Waals surface area contributed by atoms with Crippen LogP contribution in [0.3, 0.4) is 0 Å². The predicted molar refractivity (Wildman–Crippen MR) is 108 cm³/mol. The number of aryl methyl sites for hydroxylation is 1. The van der Waals surface area contributed by atoms with Gasteiger partial charge in [-0.15, -0.1) is 0 Å². The Morgan fingerprint density at radius 2 is 1.78 bits per heavy atom. The second-order valence-electron chi connectivity index (χ2n) is 6.41. The maximum Gasteiger partial charge on any atom is 0.274 e. The molecule has 0 aliphatic carbocycles. The van der Waals surface area contributed by atoms with E-state index in [0.29, 0.717) is 22.3 Å². The predicted octanol–water partition coefficient (Wildman–Crippen LogP) is 4.34. The minimum Gasteiger partial charge on any atom is -0.344 e. The SMILES string of the molecule is CCCn1nc(C(=O)NC(CC)c2ccc(Cl)cc2)c2ccccc2c1=O. The van der Waals surface area contributed by atoms with E-state index in [9.17, 15) is 9.59 Å². The fourth-order valence-electron chi connectivity index (χ4n) is 3.11. The number of nitrogens with zero attached hydrogens (tertiary/aromatic N) is 2. The van der Waals surface area contributed by atoms with Gasteiger partial charge < -0.3 is 5.32 Å². The average Bonchev–Trinajstić information content (AvgIpc) is 2.69. The lowest BCUT2D eigenvalue weighted by Gasteiger charge is -2.18. The van der Waals surface area contributed by atoms with Gasteiger partial charge in [-0.2, -0.15) is 5.10 Å². The summed E-state index contributed by atoms with van der Waals surface area (Å²) < 4.78 is 1.38. The molecule has 0 radical (unpaired) electrons. The third kappa shape index (κ3) is 4.03. The quantitative estimate of drug-likeness (QED) is 0.688. The molecule has 0 aliphatic rings. The summed E-state index contributed by atoms with van der Waals surface area (Å²) in [5, 5.41) is 9.12. The largest absolute Gasteiger partial charge is 0.344 e. The van der Waals surface area contributed by atoms with E-state index in [1.54, 1.807) is 36.4 Å². The molecule has 0 bridgehead atoms. The van der Waals surface area contributed by atoms with Crippen molar-refractivity contribution in [1.29, 1.82) is 0 Å². The molecule has 1 amide bonds. The van der Waals surface area contributed by atoms with Crippen molar-refractivity contribution in [2.24, 2.45) is 0 Å². The third-order valence-corrected chi connectivity index (χ3v) is 4.76. The van der Waals surface area contributed by atoms with E-state index in [1.807, 2.05) is 26.0 Å². The number of carbonyl (C=O) groups excluding carboxylic acids is 1. The molecule has 1 heterocycles. The number of hydrogen-bond donors (Lipinski definition) is 1. The molecule has 3 rings (SSSR count). The highest BCUT2D eigenvalue weighted by atomic mass is 35.5. The van der Waals surface area contributed by atoms with Crippen molar-refractivity contribution in [2.75, 3.05) is 0 Å². The molecule has 1 N–H and O–H groups in total. The molecule has 2 aromatic carbocycles. The molecule has 5 nitrogen and oxygen atoms in total. The number of carbonyl (C=O) groups is 1. The minimum absolute atomic E-state index is 0.165. The molecule has 140 valence electrons. The highest BCUT2D eigenvalue weighted by Gasteiger charge is 2.20. The summed E-state index contributed by atoms with van der Waals surface area (Å²) in [6, 6.07) is 14.4. The van der Waals surface area contributed by atoms with Crippen LogP contribution in [0, 0.1) is 0 Å². The summed E-state index contributed by atoms with van der Waals surface area (Å²) in [5.74, 6) is -0.294. The van der Waals surface area contributed by atoms with Gasteiger partial charge in [0.25, 0.3) is 11.5 Å². The summed E-state index contributed by atoms with van der Waals surface area (Å²) in [4.78, 5) is 25.6. The molecular formula is C21H22ClN3O2. The first-order valence-electron chi connectivity index (χ1n) is 9.11. The molecule has 3 aromatic rings. The Bertz CT molecular complexity index is 1010. The number of hydrogen-bond acceptors (Lipinski definition) is 3. The molecule has 0 saturated heterocycles. The minimum atomic E-state index is -0.294. The van der Waals surface area contributed by atoms with E-state index in [0.717, 1.165) is 18.4 Å². The molecule has 6 heteroatoms. The van der Waals surface area contributed by atoms with Crippen molar-refractivity contribution in [3.8, 4) is 0 Å². The Morgan fingerprint density at radius 3 is 2.41 bits per heavy atom. The van der Waals surface area contributed by atoms with Gasteiger partial charge in [0.05, 0.1) is 11.4 Å². The van der Waals surface area contributed by atoms with E-state index < -0.39 is 0 Å². The summed E-state index contributed by atoms with van der Waals surface area (Å²) in [7, 11) is 0. The zero-order chi connectivity index (χ0) is 19.4. The van der Waals surface area contributed by atoms with Gasteiger partial charge in [0.1, 0.15) is 0 Å². The summed E-state index contributed by atoms with van der Waals surface area (Å²) in [6.45, 7) is 4.44. The maximum absolute atomic E-state index is 13.0. The molecule has 0 aliphatic heterocycles. The van der Waals surface area contributed by atoms with Crippen LogP contribution in [0.2, 0.25) is 5.02 Å². The Balaban J connectivity index is 2.00. The van der Waals surface area contributed by atoms with Crippen molar-refractivity contribution < 1.29 is 4.79 Å². The zero-order valence-electron chi connectivity index (χ0n) is 15.4. The van der Waals surface area contributed by atoms with Crippen molar-refractivity contribution in [3.63, 3.8) is 0 Å². The van der Waals surface area contributed by atoms with Crippen LogP contribution in [0.1, 0.15) is 48.8 Å². The Hall–Kier alpha value is -2.66. The van der Waals surface area contributed by atoms with Crippen LogP contribution in [0.15, 0.2) is 53.3 Å². The molecule has 1 atom stereocenters. The summed E-state index contributed by atoms with van der Waals surface area (Å²) in [6.07, 6.45) is 1.48. The van der Waals surface area contributed by atoms with Crippen molar-refractivity contribution in [3.05, 3.63) is 75.2 Å². The van der Waals surface area contributed by atoms with Crippen molar-refractivity contribution in [1.82, 2.24) is 15.1 Å². The number of benzene rings is 2. The van der Waals surface area contributed by atoms with Gasteiger partial charge in [0, 0.05) is 17.0 Å². The Labute approximate surface area is 163 Å². The fraction of sp³-hybridized carbons (Fsp3) is 0.286. The molecule has 27 heavy (non-hydrogen) atoms. The third-order valence-electron chi connectivity index (χ3n) is 4.50. The van der Waals surface area contributed by atoms with Gasteiger partial charge >= 0.3 is 0 Å². The van der Waals surface area contributed by atoms with E-state index in [1.165, 1.54) is 4.68 Å². The van der Waals surface area contributed by atoms with Crippen molar-refractivity contribution >= 4 is 28.3 Å². The summed E-state index contributed by atoms with van der Waals surface area (Å²) >= 11 is 5.96. The van der Waals surface area contributed by atoms with Crippen molar-refractivity contribution in [2.45, 2.75) is 39.3 Å². The van der Waals surface area contributed by atoms with Gasteiger partial charge in [0.15, 0.2) is 5.69 Å². The summed E-state index contributed by atoms with van der Waals surface area (Å²) in [5.41, 5.74) is 1.07. The monoisotopic (exact) mass is 383 g/mol. The van der Waals surface area contributed by atoms with Crippen LogP contribution in [-0.4, -0.2) is 15.7 Å². The first-order chi connectivity index (χ1) is 13.0. The lowest BCUT2D eigenvalue weighted by atomic mass is 10.0. The lowest BCUT2D eigenvalue weighted by Crippen LogP contribution is -2.32. The Kier molecular flexibility index (Phi) is 5.91. The number of aromatic nitrogens is 2. The van der Waals surface area contributed by atoms with Crippen LogP contribution in [0.25, 0.3) is 10.8 Å². The van der Waals surface area contributed by atoms with Crippen LogP contribution in [-0.2, 0) is 6.54 Å². The first kappa shape index (κ1) is 19.1. The van der Waals surface area contributed by atoms with Gasteiger partial charge in [-0.25, -0.2) is 4.68 Å². The second-order valence-corrected chi connectivity index (χ2v) is 6.84. The van der Waals surface area contributed by atoms with E-state index in [4.69, 9.17) is 11.6 Å². The zero-order valence-corrected chi connectivity index (χ0v) is 16.2. The molecule has 0 fully saturated rings. The molecular weight excluding hydrogens is 362 g/mol. The molecule has 1 aromatic heterocycles. The smallest absolute Gasteiger partial charge is 0.274 e. The van der Waals surface area contributed by atoms with Crippen LogP contribution in [0.4, 0.5) is 0 Å². The normalized spacial score (nSPS) is 12.1. The van der Waals surface area contributed by atoms with Crippen LogP contribution >= 0.6 is 11.6 Å². The number of rotatable bonds is 6. The fourth-order valence-corrected chi connectivity index (χ4v) is 3.23. The molecule has 1 unspecified atom stereocenters. The first-order valence-corrected chi connectivity index (χ1v) is 9.49. The average molecular weight is 384 g/mol. The maximum atomic E-state index is 13.0. The van der Waals surface area contributed by atoms with Gasteiger partial charge in [-0.1, -0.05) is 55.8 Å². The number of amides is 1. The number of halogens is 1. The number of nitrogens with one attached hydrogen (secondary N) is 1. The lowest BCUT2D eigenvalue weighted by molar-refractivity contribution is 0.0930. The highest BCUT2D eigenvalue weighted by molar-refractivity contribution is 6.30. The standard InChI is InChI=1S/C21H22ClN3O2/c1-3-13-25-21(27)17-8-6-5-7-16(17)19(24-25)20(26)23-18(4-2)14-9-11-15(22)12-10-14/h5-12,18H,3-4,13H2,1-2H3,(H,23,26). The Morgan fingerprint density at radius 1 is 1.11 bits per heavy atom. The van der Waals surface area contributed by atoms with Gasteiger partial charge in [0.2, 0.25) is 0 Å². The molecule has 0 saturated carbocycles. The van der Waals surface area contributed by atoms with Gasteiger partial charge in [-0.3, -0.25) is 9.59 Å². The van der Waals surface area contributed by atoms with Gasteiger partial charge in [-0.05, 0) is 36.6 Å². The van der Waals surface area contributed by atoms with E-state index in [2.05, 4.69) is 10.4 Å². The van der Waals surface area contributed by atoms with E-state index >= 15 is 0 Å². The number of fused-ring (bicyclic) bond motifs is 1. The molecule has 0 spiro atoms. The highest BCUT2D eigenvalue weighted by Crippen LogP contribution is 2.21. The van der Waals surface area contributed by atoms with Crippen LogP contribution in [0.5, 0.6) is 0 Å². The van der Waals surface area contributed by atoms with E-state index in [-0.39, 0.29) is 23.2 Å². The second kappa shape index (κ2) is 8.35. The van der Waals surface area contributed by atoms with Crippen LogP contribution < -0.4 is 10.9 Å².